The molecule has 27 heavy (non-hydrogen) atoms. The quantitative estimate of drug-likeness (QED) is 0.806. The minimum absolute atomic E-state index is 0.116. The standard InChI is InChI=1S/C21H27NO5/c1-12-6-5-7-17(13(12)2)22-19(23)11-26-21(24)20-14(3)16-10-15(25-4)8-9-18(16)27-20/h8-10,12-13,17H,5-7,11H2,1-4H3,(H,22,23)/t12-,13-,17-/m0/s1. The van der Waals surface area contributed by atoms with Crippen LogP contribution in [0.2, 0.25) is 0 Å². The third kappa shape index (κ3) is 4.10. The number of amides is 1. The van der Waals surface area contributed by atoms with E-state index in [1.54, 1.807) is 26.2 Å². The van der Waals surface area contributed by atoms with Crippen molar-refractivity contribution in [2.24, 2.45) is 11.8 Å². The van der Waals surface area contributed by atoms with E-state index >= 15 is 0 Å². The predicted octanol–water partition coefficient (Wildman–Crippen LogP) is 3.85. The Morgan fingerprint density at radius 3 is 2.78 bits per heavy atom. The lowest BCUT2D eigenvalue weighted by atomic mass is 9.78. The van der Waals surface area contributed by atoms with E-state index in [4.69, 9.17) is 13.9 Å². The van der Waals surface area contributed by atoms with Crippen molar-refractivity contribution in [3.8, 4) is 5.75 Å². The van der Waals surface area contributed by atoms with Gasteiger partial charge in [0.05, 0.1) is 7.11 Å². The molecule has 146 valence electrons. The number of nitrogens with one attached hydrogen (secondary N) is 1. The Kier molecular flexibility index (Phi) is 5.73. The van der Waals surface area contributed by atoms with Gasteiger partial charge in [-0.1, -0.05) is 26.7 Å². The smallest absolute Gasteiger partial charge is 0.375 e. The average molecular weight is 373 g/mol. The summed E-state index contributed by atoms with van der Waals surface area (Å²) in [4.78, 5) is 24.6. The molecule has 1 saturated carbocycles. The van der Waals surface area contributed by atoms with E-state index in [2.05, 4.69) is 19.2 Å². The van der Waals surface area contributed by atoms with E-state index < -0.39 is 5.97 Å². The van der Waals surface area contributed by atoms with E-state index in [9.17, 15) is 9.59 Å². The number of methoxy groups -OCH3 is 1. The Labute approximate surface area is 159 Å². The first-order valence-electron chi connectivity index (χ1n) is 9.44. The second kappa shape index (κ2) is 8.03. The maximum absolute atomic E-state index is 12.4. The maximum Gasteiger partial charge on any atom is 0.375 e. The van der Waals surface area contributed by atoms with Crippen LogP contribution in [0.3, 0.4) is 0 Å². The van der Waals surface area contributed by atoms with Crippen molar-refractivity contribution in [1.29, 1.82) is 0 Å². The molecule has 1 N–H and O–H groups in total. The van der Waals surface area contributed by atoms with Crippen molar-refractivity contribution >= 4 is 22.8 Å². The third-order valence-corrected chi connectivity index (χ3v) is 5.72. The van der Waals surface area contributed by atoms with Gasteiger partial charge in [-0.3, -0.25) is 4.79 Å². The molecule has 1 aromatic carbocycles. The molecule has 0 radical (unpaired) electrons. The van der Waals surface area contributed by atoms with Crippen molar-refractivity contribution in [2.75, 3.05) is 13.7 Å². The molecule has 0 aliphatic heterocycles. The number of hydrogen-bond donors (Lipinski definition) is 1. The van der Waals surface area contributed by atoms with E-state index in [-0.39, 0.29) is 24.3 Å². The van der Waals surface area contributed by atoms with E-state index in [0.717, 1.165) is 18.2 Å². The third-order valence-electron chi connectivity index (χ3n) is 5.72. The summed E-state index contributed by atoms with van der Waals surface area (Å²) in [6, 6.07) is 5.46. The van der Waals surface area contributed by atoms with Gasteiger partial charge in [0.1, 0.15) is 11.3 Å². The highest BCUT2D eigenvalue weighted by atomic mass is 16.5. The van der Waals surface area contributed by atoms with Crippen LogP contribution in [0.15, 0.2) is 22.6 Å². The van der Waals surface area contributed by atoms with Crippen LogP contribution < -0.4 is 10.1 Å². The van der Waals surface area contributed by atoms with Gasteiger partial charge >= 0.3 is 5.97 Å². The van der Waals surface area contributed by atoms with Crippen LogP contribution in [-0.4, -0.2) is 31.6 Å². The number of fused-ring (bicyclic) bond motifs is 1. The molecular formula is C21H27NO5. The van der Waals surface area contributed by atoms with Crippen molar-refractivity contribution < 1.29 is 23.5 Å². The summed E-state index contributed by atoms with van der Waals surface area (Å²) in [5.74, 6) is 0.896. The lowest BCUT2D eigenvalue weighted by Gasteiger charge is -2.34. The van der Waals surface area contributed by atoms with Gasteiger partial charge in [-0.15, -0.1) is 0 Å². The number of carbonyl (C=O) groups is 2. The lowest BCUT2D eigenvalue weighted by molar-refractivity contribution is -0.125. The molecule has 0 unspecified atom stereocenters. The van der Waals surface area contributed by atoms with Crippen molar-refractivity contribution in [2.45, 2.75) is 46.1 Å². The number of benzene rings is 1. The number of rotatable bonds is 5. The Morgan fingerprint density at radius 1 is 1.26 bits per heavy atom. The summed E-state index contributed by atoms with van der Waals surface area (Å²) in [7, 11) is 1.58. The van der Waals surface area contributed by atoms with E-state index in [1.165, 1.54) is 6.42 Å². The average Bonchev–Trinajstić information content (AvgIpc) is 2.99. The van der Waals surface area contributed by atoms with Crippen LogP contribution in [-0.2, 0) is 9.53 Å². The summed E-state index contributed by atoms with van der Waals surface area (Å²) in [6.45, 7) is 5.85. The zero-order valence-corrected chi connectivity index (χ0v) is 16.3. The molecular weight excluding hydrogens is 346 g/mol. The molecule has 0 saturated heterocycles. The van der Waals surface area contributed by atoms with Crippen LogP contribution >= 0.6 is 0 Å². The Hall–Kier alpha value is -2.50. The normalized spacial score (nSPS) is 22.4. The molecule has 2 aromatic rings. The second-order valence-electron chi connectivity index (χ2n) is 7.44. The monoisotopic (exact) mass is 373 g/mol. The first-order valence-corrected chi connectivity index (χ1v) is 9.44. The van der Waals surface area contributed by atoms with Gasteiger partial charge in [0, 0.05) is 17.0 Å². The van der Waals surface area contributed by atoms with Gasteiger partial charge in [0.15, 0.2) is 6.61 Å². The zero-order chi connectivity index (χ0) is 19.6. The molecule has 0 spiro atoms. The molecule has 0 bridgehead atoms. The maximum atomic E-state index is 12.4. The fourth-order valence-electron chi connectivity index (χ4n) is 3.75. The first kappa shape index (κ1) is 19.3. The number of aryl methyl sites for hydroxylation is 1. The molecule has 1 fully saturated rings. The highest BCUT2D eigenvalue weighted by Crippen LogP contribution is 2.30. The topological polar surface area (TPSA) is 77.8 Å². The molecule has 1 heterocycles. The molecule has 6 heteroatoms. The van der Waals surface area contributed by atoms with Gasteiger partial charge in [-0.25, -0.2) is 4.79 Å². The fourth-order valence-corrected chi connectivity index (χ4v) is 3.75. The predicted molar refractivity (Wildman–Crippen MR) is 102 cm³/mol. The van der Waals surface area contributed by atoms with E-state index in [0.29, 0.717) is 28.7 Å². The SMILES string of the molecule is COc1ccc2oc(C(=O)OCC(=O)N[C@H]3CCC[C@H](C)[C@@H]3C)c(C)c2c1. The number of carbonyl (C=O) groups excluding carboxylic acids is 2. The minimum atomic E-state index is -0.636. The summed E-state index contributed by atoms with van der Waals surface area (Å²) >= 11 is 0. The highest BCUT2D eigenvalue weighted by Gasteiger charge is 2.28. The van der Waals surface area contributed by atoms with Gasteiger partial charge in [0.25, 0.3) is 5.91 Å². The lowest BCUT2D eigenvalue weighted by Crippen LogP contribution is -2.45. The molecule has 3 rings (SSSR count). The summed E-state index contributed by atoms with van der Waals surface area (Å²) in [6.07, 6.45) is 3.27. The van der Waals surface area contributed by atoms with Gasteiger partial charge < -0.3 is 19.2 Å². The van der Waals surface area contributed by atoms with Gasteiger partial charge in [-0.2, -0.15) is 0 Å². The van der Waals surface area contributed by atoms with Crippen LogP contribution in [0.1, 0.15) is 49.2 Å². The van der Waals surface area contributed by atoms with Crippen molar-refractivity contribution in [3.63, 3.8) is 0 Å². The van der Waals surface area contributed by atoms with Crippen LogP contribution in [0.5, 0.6) is 5.75 Å². The minimum Gasteiger partial charge on any atom is -0.497 e. The van der Waals surface area contributed by atoms with E-state index in [1.807, 2.05) is 6.07 Å². The van der Waals surface area contributed by atoms with Crippen LogP contribution in [0.25, 0.3) is 11.0 Å². The van der Waals surface area contributed by atoms with Gasteiger partial charge in [-0.05, 0) is 43.4 Å². The highest BCUT2D eigenvalue weighted by molar-refractivity contribution is 5.97. The molecule has 1 aromatic heterocycles. The summed E-state index contributed by atoms with van der Waals surface area (Å²) in [5.41, 5.74) is 1.25. The molecule has 6 nitrogen and oxygen atoms in total. The first-order chi connectivity index (χ1) is 12.9. The number of esters is 1. The molecule has 1 aliphatic carbocycles. The second-order valence-corrected chi connectivity index (χ2v) is 7.44. The van der Waals surface area contributed by atoms with Crippen molar-refractivity contribution in [3.05, 3.63) is 29.5 Å². The van der Waals surface area contributed by atoms with Crippen LogP contribution in [0.4, 0.5) is 0 Å². The largest absolute Gasteiger partial charge is 0.497 e. The summed E-state index contributed by atoms with van der Waals surface area (Å²) in [5, 5.41) is 3.79. The molecule has 3 atom stereocenters. The van der Waals surface area contributed by atoms with Crippen molar-refractivity contribution in [1.82, 2.24) is 5.32 Å². The number of ether oxygens (including phenoxy) is 2. The number of hydrogen-bond acceptors (Lipinski definition) is 5. The molecule has 1 amide bonds. The summed E-state index contributed by atoms with van der Waals surface area (Å²) < 4.78 is 16.0. The zero-order valence-electron chi connectivity index (χ0n) is 16.3. The number of furan rings is 1. The Balaban J connectivity index is 1.61. The van der Waals surface area contributed by atoms with Crippen LogP contribution in [0, 0.1) is 18.8 Å². The fraction of sp³-hybridized carbons (Fsp3) is 0.524. The Bertz CT molecular complexity index is 840. The molecule has 1 aliphatic rings. The Morgan fingerprint density at radius 2 is 2.04 bits per heavy atom. The van der Waals surface area contributed by atoms with Gasteiger partial charge in [0.2, 0.25) is 5.76 Å².